The standard InChI is InChI=1S/C15H30N2O2/c1-4-15(3,9-12-18)16-13(2)14(19)17-10-7-5-6-8-11-17/h13,16,18H,4-12H2,1-3H3. The summed E-state index contributed by atoms with van der Waals surface area (Å²) in [5.41, 5.74) is -0.157. The molecule has 0 radical (unpaired) electrons. The van der Waals surface area contributed by atoms with Gasteiger partial charge in [0.05, 0.1) is 6.04 Å². The summed E-state index contributed by atoms with van der Waals surface area (Å²) in [6, 6.07) is -0.172. The highest BCUT2D eigenvalue weighted by Gasteiger charge is 2.28. The Morgan fingerprint density at radius 3 is 2.37 bits per heavy atom. The van der Waals surface area contributed by atoms with Crippen LogP contribution in [0.1, 0.15) is 59.3 Å². The number of likely N-dealkylation sites (tertiary alicyclic amines) is 1. The Hall–Kier alpha value is -0.610. The van der Waals surface area contributed by atoms with E-state index in [1.54, 1.807) is 0 Å². The number of nitrogens with zero attached hydrogens (tertiary/aromatic N) is 1. The summed E-state index contributed by atoms with van der Waals surface area (Å²) >= 11 is 0. The topological polar surface area (TPSA) is 52.6 Å². The van der Waals surface area contributed by atoms with Crippen LogP contribution in [0, 0.1) is 0 Å². The van der Waals surface area contributed by atoms with E-state index in [-0.39, 0.29) is 24.1 Å². The zero-order valence-corrected chi connectivity index (χ0v) is 12.7. The molecule has 0 aromatic heterocycles. The molecule has 1 heterocycles. The second-order valence-electron chi connectivity index (χ2n) is 5.99. The van der Waals surface area contributed by atoms with Gasteiger partial charge in [-0.3, -0.25) is 4.79 Å². The molecule has 0 saturated carbocycles. The van der Waals surface area contributed by atoms with Crippen LogP contribution < -0.4 is 5.32 Å². The number of hydrogen-bond acceptors (Lipinski definition) is 3. The summed E-state index contributed by atoms with van der Waals surface area (Å²) in [5, 5.41) is 12.5. The van der Waals surface area contributed by atoms with Crippen molar-refractivity contribution in [2.45, 2.75) is 70.9 Å². The molecule has 0 aliphatic carbocycles. The maximum atomic E-state index is 12.4. The van der Waals surface area contributed by atoms with E-state index in [1.807, 2.05) is 11.8 Å². The molecular formula is C15H30N2O2. The first-order valence-electron chi connectivity index (χ1n) is 7.70. The number of amides is 1. The van der Waals surface area contributed by atoms with Crippen molar-refractivity contribution in [2.75, 3.05) is 19.7 Å². The zero-order chi connectivity index (χ0) is 14.3. The van der Waals surface area contributed by atoms with Gasteiger partial charge in [-0.15, -0.1) is 0 Å². The predicted molar refractivity (Wildman–Crippen MR) is 78.0 cm³/mol. The van der Waals surface area contributed by atoms with Crippen LogP contribution in [0.4, 0.5) is 0 Å². The van der Waals surface area contributed by atoms with Crippen LogP contribution in [-0.4, -0.2) is 47.2 Å². The van der Waals surface area contributed by atoms with E-state index < -0.39 is 0 Å². The molecule has 1 fully saturated rings. The zero-order valence-electron chi connectivity index (χ0n) is 12.7. The van der Waals surface area contributed by atoms with Crippen LogP contribution in [-0.2, 0) is 4.79 Å². The monoisotopic (exact) mass is 270 g/mol. The second kappa shape index (κ2) is 7.85. The van der Waals surface area contributed by atoms with E-state index in [1.165, 1.54) is 12.8 Å². The van der Waals surface area contributed by atoms with Crippen molar-refractivity contribution in [3.63, 3.8) is 0 Å². The third-order valence-corrected chi connectivity index (χ3v) is 4.30. The molecule has 2 unspecified atom stereocenters. The highest BCUT2D eigenvalue weighted by Crippen LogP contribution is 2.16. The van der Waals surface area contributed by atoms with Crippen molar-refractivity contribution >= 4 is 5.91 Å². The molecule has 0 aromatic rings. The molecule has 1 aliphatic heterocycles. The van der Waals surface area contributed by atoms with Crippen molar-refractivity contribution in [3.8, 4) is 0 Å². The first kappa shape index (κ1) is 16.4. The molecule has 112 valence electrons. The molecule has 0 bridgehead atoms. The Morgan fingerprint density at radius 2 is 1.89 bits per heavy atom. The molecule has 0 spiro atoms. The van der Waals surface area contributed by atoms with Gasteiger partial charge >= 0.3 is 0 Å². The minimum absolute atomic E-state index is 0.155. The number of rotatable bonds is 6. The van der Waals surface area contributed by atoms with Gasteiger partial charge in [0.2, 0.25) is 5.91 Å². The van der Waals surface area contributed by atoms with Crippen molar-refractivity contribution in [1.82, 2.24) is 10.2 Å². The van der Waals surface area contributed by atoms with E-state index >= 15 is 0 Å². The van der Waals surface area contributed by atoms with Gasteiger partial charge in [0.25, 0.3) is 0 Å². The summed E-state index contributed by atoms with van der Waals surface area (Å²) in [7, 11) is 0. The number of aliphatic hydroxyl groups excluding tert-OH is 1. The van der Waals surface area contributed by atoms with Crippen molar-refractivity contribution in [2.24, 2.45) is 0 Å². The number of nitrogens with one attached hydrogen (secondary N) is 1. The molecule has 4 heteroatoms. The van der Waals surface area contributed by atoms with Gasteiger partial charge in [-0.2, -0.15) is 0 Å². The lowest BCUT2D eigenvalue weighted by Crippen LogP contribution is -2.54. The molecule has 1 aliphatic rings. The van der Waals surface area contributed by atoms with E-state index in [9.17, 15) is 4.79 Å². The van der Waals surface area contributed by atoms with Crippen LogP contribution in [0.5, 0.6) is 0 Å². The minimum Gasteiger partial charge on any atom is -0.396 e. The molecule has 0 aromatic carbocycles. The average Bonchev–Trinajstić information content (AvgIpc) is 2.66. The number of carbonyl (C=O) groups excluding carboxylic acids is 1. The van der Waals surface area contributed by atoms with Crippen LogP contribution >= 0.6 is 0 Å². The first-order chi connectivity index (χ1) is 9.02. The number of aliphatic hydroxyl groups is 1. The highest BCUT2D eigenvalue weighted by molar-refractivity contribution is 5.81. The summed E-state index contributed by atoms with van der Waals surface area (Å²) < 4.78 is 0. The maximum absolute atomic E-state index is 12.4. The molecule has 2 N–H and O–H groups in total. The molecule has 2 atom stereocenters. The van der Waals surface area contributed by atoms with Gasteiger partial charge in [-0.25, -0.2) is 0 Å². The van der Waals surface area contributed by atoms with E-state index in [2.05, 4.69) is 19.2 Å². The minimum atomic E-state index is -0.172. The van der Waals surface area contributed by atoms with Crippen LogP contribution in [0.15, 0.2) is 0 Å². The second-order valence-corrected chi connectivity index (χ2v) is 5.99. The Morgan fingerprint density at radius 1 is 1.32 bits per heavy atom. The molecule has 4 nitrogen and oxygen atoms in total. The quantitative estimate of drug-likeness (QED) is 0.775. The lowest BCUT2D eigenvalue weighted by Gasteiger charge is -2.34. The lowest BCUT2D eigenvalue weighted by atomic mass is 9.93. The van der Waals surface area contributed by atoms with Crippen LogP contribution in [0.25, 0.3) is 0 Å². The van der Waals surface area contributed by atoms with Gasteiger partial charge in [0.1, 0.15) is 0 Å². The van der Waals surface area contributed by atoms with Gasteiger partial charge in [-0.05, 0) is 39.5 Å². The largest absolute Gasteiger partial charge is 0.396 e. The SMILES string of the molecule is CCC(C)(CCO)NC(C)C(=O)N1CCCCCC1. The van der Waals surface area contributed by atoms with E-state index in [4.69, 9.17) is 5.11 Å². The summed E-state index contributed by atoms with van der Waals surface area (Å²) in [6.07, 6.45) is 6.32. The fourth-order valence-corrected chi connectivity index (χ4v) is 2.75. The first-order valence-corrected chi connectivity index (χ1v) is 7.70. The third-order valence-electron chi connectivity index (χ3n) is 4.30. The Bertz CT molecular complexity index is 275. The third kappa shape index (κ3) is 5.11. The van der Waals surface area contributed by atoms with Crippen LogP contribution in [0.3, 0.4) is 0 Å². The highest BCUT2D eigenvalue weighted by atomic mass is 16.3. The molecule has 1 saturated heterocycles. The number of hydrogen-bond donors (Lipinski definition) is 2. The van der Waals surface area contributed by atoms with Crippen molar-refractivity contribution in [1.29, 1.82) is 0 Å². The lowest BCUT2D eigenvalue weighted by molar-refractivity contribution is -0.133. The molecular weight excluding hydrogens is 240 g/mol. The van der Waals surface area contributed by atoms with Gasteiger partial charge in [0, 0.05) is 25.2 Å². The Balaban J connectivity index is 2.55. The Kier molecular flexibility index (Phi) is 6.80. The van der Waals surface area contributed by atoms with Gasteiger partial charge in [0.15, 0.2) is 0 Å². The average molecular weight is 270 g/mol. The smallest absolute Gasteiger partial charge is 0.239 e. The fourth-order valence-electron chi connectivity index (χ4n) is 2.75. The van der Waals surface area contributed by atoms with Crippen LogP contribution in [0.2, 0.25) is 0 Å². The Labute approximate surface area is 117 Å². The van der Waals surface area contributed by atoms with Crippen molar-refractivity contribution in [3.05, 3.63) is 0 Å². The van der Waals surface area contributed by atoms with Gasteiger partial charge in [-0.1, -0.05) is 19.8 Å². The molecule has 1 amide bonds. The summed E-state index contributed by atoms with van der Waals surface area (Å²) in [6.45, 7) is 8.06. The maximum Gasteiger partial charge on any atom is 0.239 e. The van der Waals surface area contributed by atoms with Crippen molar-refractivity contribution < 1.29 is 9.90 Å². The predicted octanol–water partition coefficient (Wildman–Crippen LogP) is 1.92. The normalized spacial score (nSPS) is 21.6. The number of carbonyl (C=O) groups is 1. The van der Waals surface area contributed by atoms with E-state index in [0.29, 0.717) is 6.42 Å². The van der Waals surface area contributed by atoms with E-state index in [0.717, 1.165) is 32.4 Å². The van der Waals surface area contributed by atoms with Gasteiger partial charge < -0.3 is 15.3 Å². The molecule has 19 heavy (non-hydrogen) atoms. The fraction of sp³-hybridized carbons (Fsp3) is 0.933. The molecule has 1 rings (SSSR count). The summed E-state index contributed by atoms with van der Waals surface area (Å²) in [5.74, 6) is 0.208. The summed E-state index contributed by atoms with van der Waals surface area (Å²) in [4.78, 5) is 14.4.